The van der Waals surface area contributed by atoms with Gasteiger partial charge in [-0.3, -0.25) is 9.59 Å². The van der Waals surface area contributed by atoms with Crippen LogP contribution < -0.4 is 10.2 Å². The molecule has 0 atom stereocenters. The van der Waals surface area contributed by atoms with Crippen LogP contribution in [0.5, 0.6) is 0 Å². The van der Waals surface area contributed by atoms with Gasteiger partial charge in [-0.1, -0.05) is 12.1 Å². The largest absolute Gasteiger partial charge is 0.372 e. The van der Waals surface area contributed by atoms with E-state index in [1.807, 2.05) is 47.5 Å². The van der Waals surface area contributed by atoms with Crippen LogP contribution in [0.1, 0.15) is 28.6 Å². The minimum atomic E-state index is -0.191. The van der Waals surface area contributed by atoms with Crippen molar-refractivity contribution in [3.63, 3.8) is 0 Å². The molecular formula is C18H20N2O3S. The first-order valence-corrected chi connectivity index (χ1v) is 8.93. The zero-order valence-electron chi connectivity index (χ0n) is 13.6. The number of carbonyl (C=O) groups is 2. The van der Waals surface area contributed by atoms with Crippen LogP contribution in [0.25, 0.3) is 0 Å². The molecule has 24 heavy (non-hydrogen) atoms. The Balaban J connectivity index is 1.82. The summed E-state index contributed by atoms with van der Waals surface area (Å²) in [4.78, 5) is 27.1. The highest BCUT2D eigenvalue weighted by Crippen LogP contribution is 2.31. The van der Waals surface area contributed by atoms with Crippen molar-refractivity contribution in [3.05, 3.63) is 46.2 Å². The molecule has 5 nitrogen and oxygen atoms in total. The fraction of sp³-hybridized carbons (Fsp3) is 0.333. The summed E-state index contributed by atoms with van der Waals surface area (Å²) >= 11 is 1.45. The van der Waals surface area contributed by atoms with E-state index in [1.54, 1.807) is 0 Å². The molecule has 1 aromatic carbocycles. The number of aryl methyl sites for hydroxylation is 1. The van der Waals surface area contributed by atoms with E-state index in [9.17, 15) is 9.59 Å². The number of thiophene rings is 1. The minimum Gasteiger partial charge on any atom is -0.372 e. The van der Waals surface area contributed by atoms with E-state index >= 15 is 0 Å². The zero-order chi connectivity index (χ0) is 16.9. The fourth-order valence-electron chi connectivity index (χ4n) is 2.79. The Hall–Kier alpha value is -2.18. The molecule has 0 unspecified atom stereocenters. The molecule has 2 heterocycles. The van der Waals surface area contributed by atoms with Crippen molar-refractivity contribution in [2.24, 2.45) is 0 Å². The number of ether oxygens (including phenoxy) is 1. The summed E-state index contributed by atoms with van der Waals surface area (Å²) in [5, 5.41) is 4.73. The molecule has 126 valence electrons. The topological polar surface area (TPSA) is 58.6 Å². The standard InChI is InChI=1S/C18H20N2O3S/c1-2-23-12-17(21)19-14-8-7-13-5-3-9-20(15(13)11-14)18(22)16-6-4-10-24-16/h4,6-8,10-11H,2-3,5,9,12H2,1H3,(H,19,21). The average molecular weight is 344 g/mol. The number of rotatable bonds is 5. The van der Waals surface area contributed by atoms with Gasteiger partial charge in [0.25, 0.3) is 5.91 Å². The second-order valence-electron chi connectivity index (χ2n) is 5.57. The molecule has 6 heteroatoms. The number of hydrogen-bond acceptors (Lipinski definition) is 4. The number of nitrogens with one attached hydrogen (secondary N) is 1. The van der Waals surface area contributed by atoms with E-state index in [0.717, 1.165) is 29.0 Å². The van der Waals surface area contributed by atoms with E-state index in [-0.39, 0.29) is 18.4 Å². The molecule has 0 fully saturated rings. The molecule has 2 amide bonds. The van der Waals surface area contributed by atoms with Crippen molar-refractivity contribution in [2.45, 2.75) is 19.8 Å². The summed E-state index contributed by atoms with van der Waals surface area (Å²) in [5.74, 6) is -0.174. The number of amides is 2. The monoisotopic (exact) mass is 344 g/mol. The number of carbonyl (C=O) groups excluding carboxylic acids is 2. The average Bonchev–Trinajstić information content (AvgIpc) is 3.13. The lowest BCUT2D eigenvalue weighted by Gasteiger charge is -2.29. The summed E-state index contributed by atoms with van der Waals surface area (Å²) < 4.78 is 5.11. The van der Waals surface area contributed by atoms with E-state index in [4.69, 9.17) is 4.74 Å². The first-order valence-electron chi connectivity index (χ1n) is 8.05. The molecule has 2 aromatic rings. The van der Waals surface area contributed by atoms with Crippen molar-refractivity contribution < 1.29 is 14.3 Å². The van der Waals surface area contributed by atoms with Crippen LogP contribution in [0.2, 0.25) is 0 Å². The minimum absolute atomic E-state index is 0.0174. The number of fused-ring (bicyclic) bond motifs is 1. The van der Waals surface area contributed by atoms with Gasteiger partial charge in [-0.15, -0.1) is 11.3 Å². The predicted octanol–water partition coefficient (Wildman–Crippen LogP) is 3.32. The fourth-order valence-corrected chi connectivity index (χ4v) is 3.46. The summed E-state index contributed by atoms with van der Waals surface area (Å²) in [5.41, 5.74) is 2.70. The molecule has 0 radical (unpaired) electrons. The van der Waals surface area contributed by atoms with Crippen molar-refractivity contribution in [3.8, 4) is 0 Å². The first-order chi connectivity index (χ1) is 11.7. The van der Waals surface area contributed by atoms with E-state index in [1.165, 1.54) is 11.3 Å². The lowest BCUT2D eigenvalue weighted by atomic mass is 10.0. The van der Waals surface area contributed by atoms with Gasteiger partial charge in [0.05, 0.1) is 4.88 Å². The van der Waals surface area contributed by atoms with Crippen LogP contribution >= 0.6 is 11.3 Å². The molecule has 1 N–H and O–H groups in total. The predicted molar refractivity (Wildman–Crippen MR) is 95.9 cm³/mol. The summed E-state index contributed by atoms with van der Waals surface area (Å²) in [6.07, 6.45) is 1.89. The third-order valence-electron chi connectivity index (χ3n) is 3.90. The molecule has 1 aliphatic rings. The number of anilines is 2. The number of hydrogen-bond donors (Lipinski definition) is 1. The smallest absolute Gasteiger partial charge is 0.268 e. The maximum absolute atomic E-state index is 12.7. The van der Waals surface area contributed by atoms with Crippen LogP contribution in [0.15, 0.2) is 35.7 Å². The number of nitrogens with zero attached hydrogens (tertiary/aromatic N) is 1. The van der Waals surface area contributed by atoms with E-state index in [0.29, 0.717) is 18.8 Å². The Kier molecular flexibility index (Phi) is 5.27. The second kappa shape index (κ2) is 7.59. The number of benzene rings is 1. The summed E-state index contributed by atoms with van der Waals surface area (Å²) in [6.45, 7) is 3.08. The van der Waals surface area contributed by atoms with Crippen LogP contribution in [-0.4, -0.2) is 31.6 Å². The SMILES string of the molecule is CCOCC(=O)Nc1ccc2c(c1)N(C(=O)c1cccs1)CCC2. The lowest BCUT2D eigenvalue weighted by Crippen LogP contribution is -2.35. The molecule has 0 saturated carbocycles. The highest BCUT2D eigenvalue weighted by atomic mass is 32.1. The zero-order valence-corrected chi connectivity index (χ0v) is 14.4. The lowest BCUT2D eigenvalue weighted by molar-refractivity contribution is -0.120. The highest BCUT2D eigenvalue weighted by Gasteiger charge is 2.24. The Bertz CT molecular complexity index is 728. The summed E-state index contributed by atoms with van der Waals surface area (Å²) in [7, 11) is 0. The van der Waals surface area contributed by atoms with Crippen molar-refractivity contribution >= 4 is 34.5 Å². The van der Waals surface area contributed by atoms with Gasteiger partial charge < -0.3 is 15.0 Å². The van der Waals surface area contributed by atoms with Gasteiger partial charge in [0.15, 0.2) is 0 Å². The molecule has 0 saturated heterocycles. The quantitative estimate of drug-likeness (QED) is 0.905. The van der Waals surface area contributed by atoms with E-state index < -0.39 is 0 Å². The van der Waals surface area contributed by atoms with Crippen LogP contribution in [-0.2, 0) is 16.0 Å². The Morgan fingerprint density at radius 3 is 2.96 bits per heavy atom. The Morgan fingerprint density at radius 1 is 1.33 bits per heavy atom. The van der Waals surface area contributed by atoms with Crippen molar-refractivity contribution in [1.82, 2.24) is 0 Å². The highest BCUT2D eigenvalue weighted by molar-refractivity contribution is 7.12. The second-order valence-corrected chi connectivity index (χ2v) is 6.51. The maximum Gasteiger partial charge on any atom is 0.268 e. The van der Waals surface area contributed by atoms with Gasteiger partial charge in [-0.2, -0.15) is 0 Å². The Morgan fingerprint density at radius 2 is 2.21 bits per heavy atom. The van der Waals surface area contributed by atoms with Gasteiger partial charge in [-0.05, 0) is 48.9 Å². The van der Waals surface area contributed by atoms with Crippen molar-refractivity contribution in [1.29, 1.82) is 0 Å². The molecule has 0 spiro atoms. The molecular weight excluding hydrogens is 324 g/mol. The van der Waals surface area contributed by atoms with Crippen LogP contribution in [0, 0.1) is 0 Å². The molecule has 0 aliphatic carbocycles. The maximum atomic E-state index is 12.7. The van der Waals surface area contributed by atoms with E-state index in [2.05, 4.69) is 5.32 Å². The van der Waals surface area contributed by atoms with Crippen LogP contribution in [0.3, 0.4) is 0 Å². The molecule has 1 aromatic heterocycles. The van der Waals surface area contributed by atoms with Gasteiger partial charge in [-0.25, -0.2) is 0 Å². The Labute approximate surface area is 145 Å². The van der Waals surface area contributed by atoms with Gasteiger partial charge in [0.1, 0.15) is 6.61 Å². The first kappa shape index (κ1) is 16.7. The van der Waals surface area contributed by atoms with Gasteiger partial charge >= 0.3 is 0 Å². The normalized spacial score (nSPS) is 13.5. The third kappa shape index (κ3) is 3.66. The van der Waals surface area contributed by atoms with Crippen LogP contribution in [0.4, 0.5) is 11.4 Å². The van der Waals surface area contributed by atoms with Gasteiger partial charge in [0.2, 0.25) is 5.91 Å². The van der Waals surface area contributed by atoms with Gasteiger partial charge in [0, 0.05) is 24.5 Å². The molecule has 0 bridgehead atoms. The van der Waals surface area contributed by atoms with Crippen molar-refractivity contribution in [2.75, 3.05) is 30.0 Å². The molecule has 1 aliphatic heterocycles. The third-order valence-corrected chi connectivity index (χ3v) is 4.76. The summed E-state index contributed by atoms with van der Waals surface area (Å²) in [6, 6.07) is 9.47. The molecule has 3 rings (SSSR count).